The molecule has 0 saturated heterocycles. The van der Waals surface area contributed by atoms with Crippen LogP contribution in [0.3, 0.4) is 0 Å². The molecule has 0 spiro atoms. The molecular weight excluding hydrogens is 119 g/mol. The van der Waals surface area contributed by atoms with Crippen molar-refractivity contribution in [2.45, 2.75) is 6.92 Å². The third-order valence-corrected chi connectivity index (χ3v) is 0. The maximum absolute atomic E-state index is 8.77. The Morgan fingerprint density at radius 1 is 1.86 bits per heavy atom. The highest BCUT2D eigenvalue weighted by atomic mass is 35.5. The predicted octanol–water partition coefficient (Wildman–Crippen LogP) is 0.902. The number of rotatable bonds is 0. The SMILES string of the molecule is CCO.O=C(O)Cl. The van der Waals surface area contributed by atoms with Gasteiger partial charge in [0.1, 0.15) is 0 Å². The molecule has 0 fully saturated rings. The van der Waals surface area contributed by atoms with Gasteiger partial charge in [0, 0.05) is 18.2 Å². The molecule has 0 aromatic rings. The van der Waals surface area contributed by atoms with Crippen molar-refractivity contribution >= 4 is 17.0 Å². The van der Waals surface area contributed by atoms with E-state index < -0.39 is 5.43 Å². The normalized spacial score (nSPS) is 6.14. The summed E-state index contributed by atoms with van der Waals surface area (Å²) in [4.78, 5) is 8.77. The molecule has 4 heteroatoms. The summed E-state index contributed by atoms with van der Waals surface area (Å²) >= 11 is 4.19. The first-order chi connectivity index (χ1) is 3.15. The van der Waals surface area contributed by atoms with E-state index >= 15 is 0 Å². The predicted molar refractivity (Wildman–Crippen MR) is 26.6 cm³/mol. The Balaban J connectivity index is 0. The summed E-state index contributed by atoms with van der Waals surface area (Å²) in [5.74, 6) is 0. The van der Waals surface area contributed by atoms with E-state index in [-0.39, 0.29) is 6.61 Å². The zero-order valence-corrected chi connectivity index (χ0v) is 4.64. The lowest BCUT2D eigenvalue weighted by atomic mass is 10.9. The first-order valence-electron chi connectivity index (χ1n) is 1.64. The van der Waals surface area contributed by atoms with E-state index in [1.165, 1.54) is 0 Å². The minimum Gasteiger partial charge on any atom is -0.469 e. The zero-order valence-electron chi connectivity index (χ0n) is 3.89. The lowest BCUT2D eigenvalue weighted by Gasteiger charge is -1.55. The van der Waals surface area contributed by atoms with E-state index in [0.717, 1.165) is 0 Å². The molecule has 3 nitrogen and oxygen atoms in total. The van der Waals surface area contributed by atoms with Crippen LogP contribution in [0.2, 0.25) is 0 Å². The Bertz CT molecular complexity index is 41.4. The van der Waals surface area contributed by atoms with Crippen LogP contribution in [-0.2, 0) is 0 Å². The van der Waals surface area contributed by atoms with Crippen molar-refractivity contribution in [1.82, 2.24) is 0 Å². The molecular formula is C3H7ClO3. The van der Waals surface area contributed by atoms with Crippen molar-refractivity contribution in [2.75, 3.05) is 6.61 Å². The molecule has 0 rings (SSSR count). The highest BCUT2D eigenvalue weighted by Gasteiger charge is 1.71. The number of carbonyl (C=O) groups is 1. The molecule has 0 atom stereocenters. The summed E-state index contributed by atoms with van der Waals surface area (Å²) in [7, 11) is 0. The first-order valence-corrected chi connectivity index (χ1v) is 2.02. The number of halogens is 1. The molecule has 0 saturated carbocycles. The second-order valence-corrected chi connectivity index (χ2v) is 0.893. The second kappa shape index (κ2) is 9.21. The Hall–Kier alpha value is -0.280. The molecule has 0 aliphatic rings. The quantitative estimate of drug-likeness (QED) is 0.474. The van der Waals surface area contributed by atoms with Crippen molar-refractivity contribution in [3.63, 3.8) is 0 Å². The molecule has 0 heterocycles. The van der Waals surface area contributed by atoms with Crippen LogP contribution in [0.1, 0.15) is 6.92 Å². The van der Waals surface area contributed by atoms with Crippen molar-refractivity contribution in [2.24, 2.45) is 0 Å². The molecule has 0 aliphatic carbocycles. The monoisotopic (exact) mass is 126 g/mol. The molecule has 0 radical (unpaired) electrons. The van der Waals surface area contributed by atoms with Crippen LogP contribution >= 0.6 is 11.6 Å². The fourth-order valence-corrected chi connectivity index (χ4v) is 0. The lowest BCUT2D eigenvalue weighted by molar-refractivity contribution is 0.220. The molecule has 0 amide bonds. The number of aliphatic hydroxyl groups is 1. The molecule has 0 aromatic carbocycles. The Labute approximate surface area is 46.5 Å². The minimum atomic E-state index is -1.36. The molecule has 0 unspecified atom stereocenters. The summed E-state index contributed by atoms with van der Waals surface area (Å²) in [5, 5.41) is 14.8. The maximum Gasteiger partial charge on any atom is 0.401 e. The summed E-state index contributed by atoms with van der Waals surface area (Å²) < 4.78 is 0. The van der Waals surface area contributed by atoms with E-state index in [1.54, 1.807) is 6.92 Å². The van der Waals surface area contributed by atoms with Crippen LogP contribution in [0, 0.1) is 0 Å². The average molecular weight is 127 g/mol. The average Bonchev–Trinajstić information content (AvgIpc) is 1.33. The summed E-state index contributed by atoms with van der Waals surface area (Å²) in [6, 6.07) is 0. The molecule has 0 aromatic heterocycles. The number of aliphatic hydroxyl groups excluding tert-OH is 1. The fourth-order valence-electron chi connectivity index (χ4n) is 0. The Kier molecular flexibility index (Phi) is 13.0. The smallest absolute Gasteiger partial charge is 0.401 e. The van der Waals surface area contributed by atoms with Gasteiger partial charge in [-0.2, -0.15) is 0 Å². The van der Waals surface area contributed by atoms with Crippen LogP contribution in [0.4, 0.5) is 4.79 Å². The lowest BCUT2D eigenvalue weighted by Crippen LogP contribution is -1.66. The standard InChI is InChI=1S/C2H6O.CHClO2/c1-2-3;2-1(3)4/h3H,2H2,1H3;(H,3,4). The van der Waals surface area contributed by atoms with Gasteiger partial charge in [0.15, 0.2) is 0 Å². The van der Waals surface area contributed by atoms with Crippen LogP contribution in [-0.4, -0.2) is 22.2 Å². The van der Waals surface area contributed by atoms with E-state index in [1.807, 2.05) is 0 Å². The van der Waals surface area contributed by atoms with E-state index in [9.17, 15) is 0 Å². The highest BCUT2D eigenvalue weighted by molar-refractivity contribution is 6.60. The fraction of sp³-hybridized carbons (Fsp3) is 0.667. The van der Waals surface area contributed by atoms with Gasteiger partial charge >= 0.3 is 5.43 Å². The topological polar surface area (TPSA) is 57.5 Å². The van der Waals surface area contributed by atoms with Crippen molar-refractivity contribution < 1.29 is 15.0 Å². The molecule has 0 aliphatic heterocycles. The summed E-state index contributed by atoms with van der Waals surface area (Å²) in [6.07, 6.45) is 0. The van der Waals surface area contributed by atoms with Gasteiger partial charge in [-0.25, -0.2) is 4.79 Å². The molecule has 2 N–H and O–H groups in total. The van der Waals surface area contributed by atoms with Gasteiger partial charge in [-0.05, 0) is 6.92 Å². The van der Waals surface area contributed by atoms with Crippen LogP contribution in [0.15, 0.2) is 0 Å². The van der Waals surface area contributed by atoms with Crippen molar-refractivity contribution in [3.05, 3.63) is 0 Å². The number of hydrogen-bond acceptors (Lipinski definition) is 2. The molecule has 44 valence electrons. The van der Waals surface area contributed by atoms with Gasteiger partial charge in [0.25, 0.3) is 0 Å². The third kappa shape index (κ3) is 1010. The Morgan fingerprint density at radius 3 is 1.86 bits per heavy atom. The largest absolute Gasteiger partial charge is 0.469 e. The first kappa shape index (κ1) is 9.87. The van der Waals surface area contributed by atoms with Crippen molar-refractivity contribution in [1.29, 1.82) is 0 Å². The van der Waals surface area contributed by atoms with E-state index in [4.69, 9.17) is 15.0 Å². The molecule has 7 heavy (non-hydrogen) atoms. The van der Waals surface area contributed by atoms with Gasteiger partial charge < -0.3 is 10.2 Å². The van der Waals surface area contributed by atoms with Gasteiger partial charge in [-0.15, -0.1) is 0 Å². The molecule has 0 bridgehead atoms. The Morgan fingerprint density at radius 2 is 1.86 bits per heavy atom. The number of hydrogen-bond donors (Lipinski definition) is 2. The summed E-state index contributed by atoms with van der Waals surface area (Å²) in [6.45, 7) is 1.93. The number of carboxylic acid groups (broad SMARTS) is 1. The van der Waals surface area contributed by atoms with E-state index in [2.05, 4.69) is 11.6 Å². The van der Waals surface area contributed by atoms with Crippen LogP contribution in [0.5, 0.6) is 0 Å². The van der Waals surface area contributed by atoms with Crippen molar-refractivity contribution in [3.8, 4) is 0 Å². The summed E-state index contributed by atoms with van der Waals surface area (Å²) in [5.41, 5.74) is -1.36. The maximum atomic E-state index is 8.77. The highest BCUT2D eigenvalue weighted by Crippen LogP contribution is 1.67. The van der Waals surface area contributed by atoms with Gasteiger partial charge in [-0.3, -0.25) is 0 Å². The van der Waals surface area contributed by atoms with Gasteiger partial charge in [-0.1, -0.05) is 0 Å². The second-order valence-electron chi connectivity index (χ2n) is 0.569. The van der Waals surface area contributed by atoms with E-state index in [0.29, 0.717) is 0 Å². The zero-order chi connectivity index (χ0) is 6.28. The van der Waals surface area contributed by atoms with Gasteiger partial charge in [0.2, 0.25) is 0 Å². The van der Waals surface area contributed by atoms with Crippen LogP contribution < -0.4 is 0 Å². The van der Waals surface area contributed by atoms with Crippen LogP contribution in [0.25, 0.3) is 0 Å². The minimum absolute atomic E-state index is 0.250. The third-order valence-electron chi connectivity index (χ3n) is 0. The van der Waals surface area contributed by atoms with Gasteiger partial charge in [0.05, 0.1) is 0 Å².